The van der Waals surface area contributed by atoms with Crippen molar-refractivity contribution in [3.05, 3.63) is 52.0 Å². The molecule has 0 spiro atoms. The van der Waals surface area contributed by atoms with E-state index in [4.69, 9.17) is 37.4 Å². The highest BCUT2D eigenvalue weighted by atomic mass is 35.5. The standard InChI is InChI=1S/C23H25Cl2N3O5/c1-13(2)8-18(27-22(29)14(3)33-19-7-5-16(24)10-17(19)25)23(30)28-26-11-15-4-6-20-21(9-15)32-12-31-20/h4-7,9-11,13-14,18H,8,12H2,1-3H3,(H,27,29)(H,28,30)/b26-11-/t14-,18-/m0/s1. The molecule has 0 aliphatic carbocycles. The number of ether oxygens (including phenoxy) is 3. The van der Waals surface area contributed by atoms with Crippen LogP contribution < -0.4 is 25.0 Å². The fourth-order valence-electron chi connectivity index (χ4n) is 3.05. The van der Waals surface area contributed by atoms with Crippen molar-refractivity contribution in [1.29, 1.82) is 0 Å². The van der Waals surface area contributed by atoms with E-state index in [1.807, 2.05) is 13.8 Å². The summed E-state index contributed by atoms with van der Waals surface area (Å²) in [6, 6.07) is 9.23. The van der Waals surface area contributed by atoms with Crippen LogP contribution in [0.3, 0.4) is 0 Å². The van der Waals surface area contributed by atoms with Gasteiger partial charge in [-0.1, -0.05) is 37.0 Å². The number of carbonyl (C=O) groups excluding carboxylic acids is 2. The van der Waals surface area contributed by atoms with Crippen molar-refractivity contribution in [2.75, 3.05) is 6.79 Å². The zero-order valence-corrected chi connectivity index (χ0v) is 19.9. The summed E-state index contributed by atoms with van der Waals surface area (Å²) in [4.78, 5) is 25.4. The summed E-state index contributed by atoms with van der Waals surface area (Å²) in [5, 5.41) is 7.47. The van der Waals surface area contributed by atoms with Crippen LogP contribution in [0.15, 0.2) is 41.5 Å². The topological polar surface area (TPSA) is 98.2 Å². The van der Waals surface area contributed by atoms with E-state index in [0.29, 0.717) is 28.7 Å². The Morgan fingerprint density at radius 1 is 1.09 bits per heavy atom. The fourth-order valence-corrected chi connectivity index (χ4v) is 3.50. The van der Waals surface area contributed by atoms with Crippen LogP contribution in [0.2, 0.25) is 10.0 Å². The van der Waals surface area contributed by atoms with Gasteiger partial charge in [-0.15, -0.1) is 0 Å². The Balaban J connectivity index is 1.59. The molecule has 0 bridgehead atoms. The third kappa shape index (κ3) is 7.00. The average Bonchev–Trinajstić information content (AvgIpc) is 3.22. The maximum atomic E-state index is 12.7. The van der Waals surface area contributed by atoms with Crippen LogP contribution in [0.25, 0.3) is 0 Å². The first-order valence-electron chi connectivity index (χ1n) is 10.4. The molecule has 176 valence electrons. The van der Waals surface area contributed by atoms with Gasteiger partial charge in [-0.2, -0.15) is 5.10 Å². The first kappa shape index (κ1) is 24.7. The summed E-state index contributed by atoms with van der Waals surface area (Å²) in [7, 11) is 0. The van der Waals surface area contributed by atoms with Crippen molar-refractivity contribution in [1.82, 2.24) is 10.7 Å². The smallest absolute Gasteiger partial charge is 0.262 e. The Bertz CT molecular complexity index is 1040. The number of hydrazone groups is 1. The van der Waals surface area contributed by atoms with E-state index in [2.05, 4.69) is 15.8 Å². The van der Waals surface area contributed by atoms with Gasteiger partial charge in [0, 0.05) is 5.02 Å². The van der Waals surface area contributed by atoms with Crippen molar-refractivity contribution in [2.45, 2.75) is 39.3 Å². The molecule has 0 unspecified atom stereocenters. The lowest BCUT2D eigenvalue weighted by Crippen LogP contribution is -2.49. The van der Waals surface area contributed by atoms with Gasteiger partial charge in [0.25, 0.3) is 11.8 Å². The SMILES string of the molecule is CC(C)C[C@H](NC(=O)[C@H](C)Oc1ccc(Cl)cc1Cl)C(=O)N/N=C\c1ccc2c(c1)OCO2. The maximum Gasteiger partial charge on any atom is 0.262 e. The Hall–Kier alpha value is -2.97. The molecule has 1 aliphatic heterocycles. The van der Waals surface area contributed by atoms with Crippen LogP contribution >= 0.6 is 23.2 Å². The molecule has 2 aromatic rings. The minimum Gasteiger partial charge on any atom is -0.479 e. The lowest BCUT2D eigenvalue weighted by Gasteiger charge is -2.22. The maximum absolute atomic E-state index is 12.7. The van der Waals surface area contributed by atoms with E-state index in [-0.39, 0.29) is 17.7 Å². The van der Waals surface area contributed by atoms with E-state index in [1.165, 1.54) is 12.3 Å². The van der Waals surface area contributed by atoms with Crippen LogP contribution in [0.1, 0.15) is 32.8 Å². The predicted octanol–water partition coefficient (Wildman–Crippen LogP) is 4.17. The number of carbonyl (C=O) groups is 2. The Kier molecular flexibility index (Phi) is 8.41. The van der Waals surface area contributed by atoms with Gasteiger partial charge in [-0.3, -0.25) is 9.59 Å². The van der Waals surface area contributed by atoms with Crippen molar-refractivity contribution in [2.24, 2.45) is 11.0 Å². The first-order valence-corrected chi connectivity index (χ1v) is 11.1. The van der Waals surface area contributed by atoms with Gasteiger partial charge in [-0.25, -0.2) is 5.43 Å². The zero-order chi connectivity index (χ0) is 24.0. The molecule has 1 heterocycles. The Morgan fingerprint density at radius 3 is 2.58 bits per heavy atom. The van der Waals surface area contributed by atoms with Crippen LogP contribution in [0, 0.1) is 5.92 Å². The summed E-state index contributed by atoms with van der Waals surface area (Å²) in [6.45, 7) is 5.66. The molecule has 10 heteroatoms. The summed E-state index contributed by atoms with van der Waals surface area (Å²) in [5.41, 5.74) is 3.21. The number of nitrogens with zero attached hydrogens (tertiary/aromatic N) is 1. The number of hydrogen-bond donors (Lipinski definition) is 2. The second-order valence-electron chi connectivity index (χ2n) is 7.87. The molecule has 33 heavy (non-hydrogen) atoms. The van der Waals surface area contributed by atoms with Crippen LogP contribution in [0.5, 0.6) is 17.2 Å². The zero-order valence-electron chi connectivity index (χ0n) is 18.4. The number of fused-ring (bicyclic) bond motifs is 1. The number of nitrogens with one attached hydrogen (secondary N) is 2. The van der Waals surface area contributed by atoms with Gasteiger partial charge >= 0.3 is 0 Å². The molecule has 0 aromatic heterocycles. The molecule has 2 atom stereocenters. The summed E-state index contributed by atoms with van der Waals surface area (Å²) >= 11 is 12.0. The van der Waals surface area contributed by atoms with Gasteiger partial charge < -0.3 is 19.5 Å². The van der Waals surface area contributed by atoms with E-state index in [1.54, 1.807) is 37.3 Å². The molecular weight excluding hydrogens is 469 g/mol. The highest BCUT2D eigenvalue weighted by molar-refractivity contribution is 6.35. The van der Waals surface area contributed by atoms with E-state index in [9.17, 15) is 9.59 Å². The van der Waals surface area contributed by atoms with Gasteiger partial charge in [0.15, 0.2) is 17.6 Å². The highest BCUT2D eigenvalue weighted by Gasteiger charge is 2.25. The van der Waals surface area contributed by atoms with Crippen molar-refractivity contribution in [3.8, 4) is 17.2 Å². The summed E-state index contributed by atoms with van der Waals surface area (Å²) in [6.07, 6.45) is 1.02. The Morgan fingerprint density at radius 2 is 1.85 bits per heavy atom. The quantitative estimate of drug-likeness (QED) is 0.403. The number of amides is 2. The number of benzene rings is 2. The van der Waals surface area contributed by atoms with Crippen LogP contribution in [0.4, 0.5) is 0 Å². The van der Waals surface area contributed by atoms with Gasteiger partial charge in [0.2, 0.25) is 6.79 Å². The van der Waals surface area contributed by atoms with Crippen molar-refractivity contribution in [3.63, 3.8) is 0 Å². The second kappa shape index (κ2) is 11.2. The molecule has 0 saturated heterocycles. The van der Waals surface area contributed by atoms with Gasteiger partial charge in [0.1, 0.15) is 11.8 Å². The predicted molar refractivity (Wildman–Crippen MR) is 126 cm³/mol. The monoisotopic (exact) mass is 493 g/mol. The lowest BCUT2D eigenvalue weighted by atomic mass is 10.0. The molecule has 8 nitrogen and oxygen atoms in total. The molecule has 2 amide bonds. The van der Waals surface area contributed by atoms with Gasteiger partial charge in [-0.05, 0) is 61.2 Å². The summed E-state index contributed by atoms with van der Waals surface area (Å²) in [5.74, 6) is 0.854. The van der Waals surface area contributed by atoms with Gasteiger partial charge in [0.05, 0.1) is 11.2 Å². The van der Waals surface area contributed by atoms with E-state index in [0.717, 1.165) is 5.56 Å². The molecule has 0 saturated carbocycles. The fraction of sp³-hybridized carbons (Fsp3) is 0.348. The average molecular weight is 494 g/mol. The number of hydrogen-bond acceptors (Lipinski definition) is 6. The molecular formula is C23H25Cl2N3O5. The molecule has 0 fully saturated rings. The van der Waals surface area contributed by atoms with E-state index >= 15 is 0 Å². The highest BCUT2D eigenvalue weighted by Crippen LogP contribution is 2.32. The minimum atomic E-state index is -0.886. The third-order valence-electron chi connectivity index (χ3n) is 4.69. The van der Waals surface area contributed by atoms with Crippen molar-refractivity contribution >= 4 is 41.2 Å². The van der Waals surface area contributed by atoms with E-state index < -0.39 is 24.0 Å². The molecule has 1 aliphatic rings. The molecule has 2 N–H and O–H groups in total. The normalized spacial score (nSPS) is 14.2. The Labute approximate surface area is 202 Å². The van der Waals surface area contributed by atoms with Crippen LogP contribution in [-0.2, 0) is 9.59 Å². The molecule has 2 aromatic carbocycles. The third-order valence-corrected chi connectivity index (χ3v) is 5.22. The number of rotatable bonds is 9. The molecule has 0 radical (unpaired) electrons. The largest absolute Gasteiger partial charge is 0.479 e. The lowest BCUT2D eigenvalue weighted by molar-refractivity contribution is -0.132. The first-order chi connectivity index (χ1) is 15.7. The second-order valence-corrected chi connectivity index (χ2v) is 8.72. The number of halogens is 2. The van der Waals surface area contributed by atoms with Crippen molar-refractivity contribution < 1.29 is 23.8 Å². The van der Waals surface area contributed by atoms with Crippen LogP contribution in [-0.4, -0.2) is 37.0 Å². The summed E-state index contributed by atoms with van der Waals surface area (Å²) < 4.78 is 16.2. The minimum absolute atomic E-state index is 0.154. The molecule has 3 rings (SSSR count).